The Morgan fingerprint density at radius 1 is 0.647 bits per heavy atom. The van der Waals surface area contributed by atoms with Crippen molar-refractivity contribution in [1.82, 2.24) is 5.32 Å². The van der Waals surface area contributed by atoms with Crippen molar-refractivity contribution in [1.29, 1.82) is 0 Å². The maximum absolute atomic E-state index is 12.8. The average Bonchev–Trinajstić information content (AvgIpc) is 3.07. The standard InChI is InChI=1S/C42H83N2O6P/c1-6-8-10-12-14-16-17-18-19-20-21-22-23-24-25-26-27-28-30-32-34-36-42(46)43-40(39-50-51(47,48)49-38-37-44(3,4)5)41(45)35-33-31-29-15-13-11-9-7-2/h20-21,33,35,40-41,45H,6-19,22-32,34,36-39H2,1-5H3,(H-,43,46,47,48)/p+1/b21-20-,35-33+. The number of phosphoric acid groups is 1. The van der Waals surface area contributed by atoms with E-state index in [4.69, 9.17) is 9.05 Å². The first-order chi connectivity index (χ1) is 24.5. The number of carbonyl (C=O) groups is 1. The van der Waals surface area contributed by atoms with Gasteiger partial charge in [-0.3, -0.25) is 13.8 Å². The molecule has 0 aromatic carbocycles. The summed E-state index contributed by atoms with van der Waals surface area (Å²) < 4.78 is 23.4. The number of quaternary nitrogens is 1. The van der Waals surface area contributed by atoms with E-state index in [1.807, 2.05) is 27.2 Å². The summed E-state index contributed by atoms with van der Waals surface area (Å²) in [5.74, 6) is -0.183. The first kappa shape index (κ1) is 50.0. The molecule has 0 aliphatic carbocycles. The summed E-state index contributed by atoms with van der Waals surface area (Å²) >= 11 is 0. The quantitative estimate of drug-likeness (QED) is 0.0252. The minimum absolute atomic E-state index is 0.0616. The number of carbonyl (C=O) groups excluding carboxylic acids is 1. The first-order valence-corrected chi connectivity index (χ1v) is 22.7. The Morgan fingerprint density at radius 2 is 1.06 bits per heavy atom. The smallest absolute Gasteiger partial charge is 0.387 e. The lowest BCUT2D eigenvalue weighted by Gasteiger charge is -2.25. The Bertz CT molecular complexity index is 891. The van der Waals surface area contributed by atoms with Gasteiger partial charge in [0.2, 0.25) is 5.91 Å². The Kier molecular flexibility index (Phi) is 34.0. The van der Waals surface area contributed by atoms with E-state index in [1.165, 1.54) is 128 Å². The predicted molar refractivity (Wildman–Crippen MR) is 217 cm³/mol. The predicted octanol–water partition coefficient (Wildman–Crippen LogP) is 11.4. The van der Waals surface area contributed by atoms with E-state index >= 15 is 0 Å². The van der Waals surface area contributed by atoms with E-state index in [9.17, 15) is 19.4 Å². The topological polar surface area (TPSA) is 105 Å². The Balaban J connectivity index is 4.24. The highest BCUT2D eigenvalue weighted by Crippen LogP contribution is 2.43. The molecule has 0 spiro atoms. The molecule has 1 amide bonds. The monoisotopic (exact) mass is 744 g/mol. The minimum Gasteiger partial charge on any atom is -0.387 e. The summed E-state index contributed by atoms with van der Waals surface area (Å²) in [7, 11) is 1.57. The van der Waals surface area contributed by atoms with Crippen LogP contribution >= 0.6 is 7.82 Å². The molecule has 0 heterocycles. The summed E-state index contributed by atoms with van der Waals surface area (Å²) in [6.07, 6.45) is 39.7. The number of hydrogen-bond donors (Lipinski definition) is 3. The number of allylic oxidation sites excluding steroid dienone is 3. The number of likely N-dealkylation sites (N-methyl/N-ethyl adjacent to an activating group) is 1. The zero-order valence-corrected chi connectivity index (χ0v) is 35.0. The van der Waals surface area contributed by atoms with Crippen LogP contribution < -0.4 is 5.32 Å². The summed E-state index contributed by atoms with van der Waals surface area (Å²) in [5.41, 5.74) is 0. The highest BCUT2D eigenvalue weighted by atomic mass is 31.2. The number of rotatable bonds is 38. The second kappa shape index (κ2) is 34.7. The van der Waals surface area contributed by atoms with Crippen LogP contribution in [0.3, 0.4) is 0 Å². The van der Waals surface area contributed by atoms with Crippen LogP contribution in [0.4, 0.5) is 0 Å². The molecule has 0 saturated heterocycles. The SMILES string of the molecule is CCCCCCCC/C=C/C(O)C(COP(=O)(O)OCC[N+](C)(C)C)NC(=O)CCCCCCCCCCC/C=C\CCCCCCCCCC. The highest BCUT2D eigenvalue weighted by molar-refractivity contribution is 7.47. The Labute approximate surface area is 315 Å². The average molecular weight is 744 g/mol. The first-order valence-electron chi connectivity index (χ1n) is 21.2. The van der Waals surface area contributed by atoms with E-state index in [-0.39, 0.29) is 19.1 Å². The van der Waals surface area contributed by atoms with Gasteiger partial charge in [-0.15, -0.1) is 0 Å². The third kappa shape index (κ3) is 37.1. The summed E-state index contributed by atoms with van der Waals surface area (Å²) in [4.78, 5) is 23.0. The molecule has 0 aliphatic rings. The van der Waals surface area contributed by atoms with Crippen molar-refractivity contribution < 1.29 is 32.9 Å². The van der Waals surface area contributed by atoms with Crippen LogP contribution in [0.25, 0.3) is 0 Å². The molecule has 0 radical (unpaired) electrons. The number of aliphatic hydroxyl groups is 1. The molecule has 51 heavy (non-hydrogen) atoms. The normalized spacial score (nSPS) is 14.7. The maximum Gasteiger partial charge on any atom is 0.472 e. The lowest BCUT2D eigenvalue weighted by molar-refractivity contribution is -0.870. The summed E-state index contributed by atoms with van der Waals surface area (Å²) in [5, 5.41) is 13.7. The molecular formula is C42H84N2O6P+. The van der Waals surface area contributed by atoms with Gasteiger partial charge in [0.05, 0.1) is 39.9 Å². The third-order valence-electron chi connectivity index (χ3n) is 9.42. The number of phosphoric ester groups is 1. The molecule has 0 saturated carbocycles. The van der Waals surface area contributed by atoms with Crippen LogP contribution in [0.15, 0.2) is 24.3 Å². The van der Waals surface area contributed by atoms with Crippen molar-refractivity contribution in [3.63, 3.8) is 0 Å². The number of hydrogen-bond acceptors (Lipinski definition) is 5. The second-order valence-electron chi connectivity index (χ2n) is 15.7. The van der Waals surface area contributed by atoms with Gasteiger partial charge in [0.15, 0.2) is 0 Å². The third-order valence-corrected chi connectivity index (χ3v) is 10.4. The Morgan fingerprint density at radius 3 is 1.51 bits per heavy atom. The van der Waals surface area contributed by atoms with Gasteiger partial charge in [-0.2, -0.15) is 0 Å². The zero-order chi connectivity index (χ0) is 37.9. The van der Waals surface area contributed by atoms with Crippen LogP contribution in [0, 0.1) is 0 Å². The molecule has 0 fully saturated rings. The number of unbranched alkanes of at least 4 members (excludes halogenated alkanes) is 23. The molecule has 0 aromatic rings. The van der Waals surface area contributed by atoms with Crippen LogP contribution in [0.2, 0.25) is 0 Å². The molecular weight excluding hydrogens is 659 g/mol. The van der Waals surface area contributed by atoms with E-state index in [0.717, 1.165) is 38.5 Å². The number of nitrogens with one attached hydrogen (secondary N) is 1. The van der Waals surface area contributed by atoms with E-state index in [2.05, 4.69) is 31.3 Å². The fourth-order valence-electron chi connectivity index (χ4n) is 5.98. The summed E-state index contributed by atoms with van der Waals surface area (Å²) in [6.45, 7) is 4.76. The van der Waals surface area contributed by atoms with Gasteiger partial charge in [0, 0.05) is 6.42 Å². The molecule has 3 unspecified atom stereocenters. The number of amides is 1. The van der Waals surface area contributed by atoms with Gasteiger partial charge >= 0.3 is 7.82 Å². The molecule has 302 valence electrons. The molecule has 3 atom stereocenters. The highest BCUT2D eigenvalue weighted by Gasteiger charge is 2.27. The van der Waals surface area contributed by atoms with Gasteiger partial charge < -0.3 is 19.8 Å². The number of aliphatic hydroxyl groups excluding tert-OH is 1. The van der Waals surface area contributed by atoms with Gasteiger partial charge in [-0.05, 0) is 44.9 Å². The van der Waals surface area contributed by atoms with Gasteiger partial charge in [0.25, 0.3) is 0 Å². The zero-order valence-electron chi connectivity index (χ0n) is 34.1. The van der Waals surface area contributed by atoms with Gasteiger partial charge in [-0.25, -0.2) is 4.57 Å². The van der Waals surface area contributed by atoms with Crippen LogP contribution in [-0.4, -0.2) is 73.4 Å². The molecule has 0 bridgehead atoms. The van der Waals surface area contributed by atoms with Gasteiger partial charge in [0.1, 0.15) is 13.2 Å². The Hall–Kier alpha value is -1.02. The molecule has 0 aliphatic heterocycles. The fourth-order valence-corrected chi connectivity index (χ4v) is 6.71. The molecule has 8 nitrogen and oxygen atoms in total. The number of nitrogens with zero attached hydrogens (tertiary/aromatic N) is 1. The van der Waals surface area contributed by atoms with Crippen LogP contribution in [0.1, 0.15) is 187 Å². The minimum atomic E-state index is -4.32. The molecule has 9 heteroatoms. The lowest BCUT2D eigenvalue weighted by atomic mass is 10.0. The molecule has 0 rings (SSSR count). The molecule has 0 aromatic heterocycles. The van der Waals surface area contributed by atoms with Gasteiger partial charge in [-0.1, -0.05) is 160 Å². The summed E-state index contributed by atoms with van der Waals surface area (Å²) in [6, 6.07) is -0.842. The van der Waals surface area contributed by atoms with Crippen LogP contribution in [-0.2, 0) is 18.4 Å². The maximum atomic E-state index is 12.8. The van der Waals surface area contributed by atoms with E-state index < -0.39 is 20.0 Å². The van der Waals surface area contributed by atoms with Crippen molar-refractivity contribution >= 4 is 13.7 Å². The fraction of sp³-hybridized carbons (Fsp3) is 0.881. The largest absolute Gasteiger partial charge is 0.472 e. The molecule has 3 N–H and O–H groups in total. The lowest BCUT2D eigenvalue weighted by Crippen LogP contribution is -2.45. The van der Waals surface area contributed by atoms with Crippen LogP contribution in [0.5, 0.6) is 0 Å². The van der Waals surface area contributed by atoms with Crippen molar-refractivity contribution in [2.24, 2.45) is 0 Å². The van der Waals surface area contributed by atoms with Crippen molar-refractivity contribution in [2.75, 3.05) is 40.9 Å². The van der Waals surface area contributed by atoms with Crippen molar-refractivity contribution in [2.45, 2.75) is 199 Å². The van der Waals surface area contributed by atoms with Crippen molar-refractivity contribution in [3.8, 4) is 0 Å². The second-order valence-corrected chi connectivity index (χ2v) is 17.2. The van der Waals surface area contributed by atoms with Crippen molar-refractivity contribution in [3.05, 3.63) is 24.3 Å². The van der Waals surface area contributed by atoms with E-state index in [1.54, 1.807) is 6.08 Å². The van der Waals surface area contributed by atoms with E-state index in [0.29, 0.717) is 17.4 Å².